The maximum atomic E-state index is 13.4. The van der Waals surface area contributed by atoms with Crippen molar-refractivity contribution in [2.75, 3.05) is 5.32 Å². The normalized spacial score (nSPS) is 10.9. The zero-order chi connectivity index (χ0) is 19.4. The molecule has 0 bridgehead atoms. The van der Waals surface area contributed by atoms with Crippen LogP contribution in [0.5, 0.6) is 5.75 Å². The second-order valence-corrected chi connectivity index (χ2v) is 6.45. The molecular formula is C21H21FN2O3. The van der Waals surface area contributed by atoms with E-state index in [-0.39, 0.29) is 24.2 Å². The summed E-state index contributed by atoms with van der Waals surface area (Å²) in [6.45, 7) is 5.64. The highest BCUT2D eigenvalue weighted by atomic mass is 19.1. The number of amides is 1. The van der Waals surface area contributed by atoms with Crippen LogP contribution in [0.3, 0.4) is 0 Å². The number of aryl methyl sites for hydroxylation is 1. The summed E-state index contributed by atoms with van der Waals surface area (Å²) in [7, 11) is 0. The van der Waals surface area contributed by atoms with E-state index in [1.165, 1.54) is 12.1 Å². The number of aromatic nitrogens is 1. The second kappa shape index (κ2) is 8.03. The zero-order valence-corrected chi connectivity index (χ0v) is 15.5. The molecule has 3 aromatic rings. The van der Waals surface area contributed by atoms with Gasteiger partial charge in [-0.2, -0.15) is 0 Å². The lowest BCUT2D eigenvalue weighted by Gasteiger charge is -2.10. The van der Waals surface area contributed by atoms with Crippen LogP contribution >= 0.6 is 0 Å². The van der Waals surface area contributed by atoms with Gasteiger partial charge in [0, 0.05) is 11.3 Å². The van der Waals surface area contributed by atoms with E-state index in [2.05, 4.69) is 10.3 Å². The molecule has 0 aliphatic rings. The highest BCUT2D eigenvalue weighted by Gasteiger charge is 2.15. The van der Waals surface area contributed by atoms with Crippen molar-refractivity contribution in [2.45, 2.75) is 33.3 Å². The molecule has 0 saturated heterocycles. The number of carbonyl (C=O) groups is 1. The number of nitrogens with one attached hydrogen (secondary N) is 1. The van der Waals surface area contributed by atoms with Gasteiger partial charge in [-0.3, -0.25) is 4.79 Å². The van der Waals surface area contributed by atoms with E-state index in [1.807, 2.05) is 13.8 Å². The minimum atomic E-state index is -0.368. The van der Waals surface area contributed by atoms with Crippen molar-refractivity contribution in [3.63, 3.8) is 0 Å². The van der Waals surface area contributed by atoms with E-state index in [4.69, 9.17) is 9.15 Å². The number of halogens is 1. The van der Waals surface area contributed by atoms with Gasteiger partial charge in [0.2, 0.25) is 11.8 Å². The Kier molecular flexibility index (Phi) is 5.54. The first-order valence-corrected chi connectivity index (χ1v) is 8.69. The quantitative estimate of drug-likeness (QED) is 0.681. The third-order valence-corrected chi connectivity index (χ3v) is 3.80. The summed E-state index contributed by atoms with van der Waals surface area (Å²) in [6.07, 6.45) is 0.155. The molecule has 140 valence electrons. The van der Waals surface area contributed by atoms with Crippen molar-refractivity contribution in [1.29, 1.82) is 0 Å². The Labute approximate surface area is 157 Å². The molecule has 0 radical (unpaired) electrons. The lowest BCUT2D eigenvalue weighted by Crippen LogP contribution is -2.15. The van der Waals surface area contributed by atoms with E-state index >= 15 is 0 Å². The number of anilines is 1. The van der Waals surface area contributed by atoms with Crippen molar-refractivity contribution in [3.8, 4) is 17.2 Å². The minimum Gasteiger partial charge on any atom is -0.491 e. The van der Waals surface area contributed by atoms with Gasteiger partial charge in [0.1, 0.15) is 17.3 Å². The van der Waals surface area contributed by atoms with Gasteiger partial charge in [0.05, 0.1) is 18.2 Å². The highest BCUT2D eigenvalue weighted by molar-refractivity contribution is 5.92. The van der Waals surface area contributed by atoms with Crippen LogP contribution < -0.4 is 10.1 Å². The molecule has 0 saturated carbocycles. The number of benzene rings is 2. The summed E-state index contributed by atoms with van der Waals surface area (Å²) < 4.78 is 24.5. The predicted octanol–water partition coefficient (Wildman–Crippen LogP) is 4.76. The highest BCUT2D eigenvalue weighted by Crippen LogP contribution is 2.23. The number of ether oxygens (including phenoxy) is 1. The Bertz CT molecular complexity index is 933. The largest absolute Gasteiger partial charge is 0.491 e. The molecule has 6 heteroatoms. The van der Waals surface area contributed by atoms with E-state index in [0.29, 0.717) is 28.6 Å². The SMILES string of the molecule is Cc1oc(-c2cccc(F)c2)nc1CC(=O)Nc1ccc(OC(C)C)cc1. The van der Waals surface area contributed by atoms with Gasteiger partial charge in [-0.25, -0.2) is 9.37 Å². The van der Waals surface area contributed by atoms with E-state index in [1.54, 1.807) is 43.3 Å². The first-order chi connectivity index (χ1) is 12.9. The summed E-state index contributed by atoms with van der Waals surface area (Å²) >= 11 is 0. The molecule has 0 atom stereocenters. The van der Waals surface area contributed by atoms with Crippen molar-refractivity contribution in [2.24, 2.45) is 0 Å². The van der Waals surface area contributed by atoms with Crippen molar-refractivity contribution in [3.05, 3.63) is 65.8 Å². The summed E-state index contributed by atoms with van der Waals surface area (Å²) in [5.41, 5.74) is 1.72. The predicted molar refractivity (Wildman–Crippen MR) is 101 cm³/mol. The molecule has 0 unspecified atom stereocenters. The number of hydrogen-bond donors (Lipinski definition) is 1. The zero-order valence-electron chi connectivity index (χ0n) is 15.5. The Morgan fingerprint density at radius 3 is 2.63 bits per heavy atom. The Hall–Kier alpha value is -3.15. The van der Waals surface area contributed by atoms with E-state index < -0.39 is 0 Å². The third kappa shape index (κ3) is 4.94. The van der Waals surface area contributed by atoms with Crippen LogP contribution in [-0.4, -0.2) is 17.0 Å². The van der Waals surface area contributed by atoms with Crippen LogP contribution in [0.15, 0.2) is 52.9 Å². The fourth-order valence-corrected chi connectivity index (χ4v) is 2.58. The van der Waals surface area contributed by atoms with Crippen molar-refractivity contribution < 1.29 is 18.3 Å². The average molecular weight is 368 g/mol. The lowest BCUT2D eigenvalue weighted by atomic mass is 10.2. The number of oxazole rings is 1. The molecule has 1 aromatic heterocycles. The molecule has 3 rings (SSSR count). The molecule has 1 N–H and O–H groups in total. The maximum absolute atomic E-state index is 13.4. The van der Waals surface area contributed by atoms with Gasteiger partial charge < -0.3 is 14.5 Å². The first-order valence-electron chi connectivity index (χ1n) is 8.69. The fourth-order valence-electron chi connectivity index (χ4n) is 2.58. The molecule has 1 heterocycles. The van der Waals surface area contributed by atoms with Gasteiger partial charge in [-0.05, 0) is 63.2 Å². The summed E-state index contributed by atoms with van der Waals surface area (Å²) in [4.78, 5) is 16.6. The Morgan fingerprint density at radius 1 is 1.22 bits per heavy atom. The van der Waals surface area contributed by atoms with E-state index in [9.17, 15) is 9.18 Å². The lowest BCUT2D eigenvalue weighted by molar-refractivity contribution is -0.115. The van der Waals surface area contributed by atoms with Gasteiger partial charge in [0.25, 0.3) is 0 Å². The van der Waals surface area contributed by atoms with Gasteiger partial charge in [-0.15, -0.1) is 0 Å². The molecule has 0 spiro atoms. The third-order valence-electron chi connectivity index (χ3n) is 3.80. The smallest absolute Gasteiger partial charge is 0.230 e. The summed E-state index contributed by atoms with van der Waals surface area (Å²) in [5.74, 6) is 0.993. The monoisotopic (exact) mass is 368 g/mol. The van der Waals surface area contributed by atoms with E-state index in [0.717, 1.165) is 5.75 Å². The van der Waals surface area contributed by atoms with Crippen LogP contribution in [0.1, 0.15) is 25.3 Å². The van der Waals surface area contributed by atoms with Gasteiger partial charge >= 0.3 is 0 Å². The van der Waals surface area contributed by atoms with Crippen LogP contribution in [0.2, 0.25) is 0 Å². The molecule has 0 fully saturated rings. The Morgan fingerprint density at radius 2 is 1.96 bits per heavy atom. The maximum Gasteiger partial charge on any atom is 0.230 e. The molecule has 27 heavy (non-hydrogen) atoms. The number of hydrogen-bond acceptors (Lipinski definition) is 4. The van der Waals surface area contributed by atoms with Crippen LogP contribution in [0, 0.1) is 12.7 Å². The average Bonchev–Trinajstić information content (AvgIpc) is 2.97. The van der Waals surface area contributed by atoms with Crippen LogP contribution in [-0.2, 0) is 11.2 Å². The molecular weight excluding hydrogens is 347 g/mol. The van der Waals surface area contributed by atoms with Gasteiger partial charge in [-0.1, -0.05) is 6.07 Å². The van der Waals surface area contributed by atoms with Gasteiger partial charge in [0.15, 0.2) is 0 Å². The standard InChI is InChI=1S/C21H21FN2O3/c1-13(2)26-18-9-7-17(8-10-18)23-20(25)12-19-14(3)27-21(24-19)15-5-4-6-16(22)11-15/h4-11,13H,12H2,1-3H3,(H,23,25). The van der Waals surface area contributed by atoms with Crippen LogP contribution in [0.25, 0.3) is 11.5 Å². The summed E-state index contributed by atoms with van der Waals surface area (Å²) in [6, 6.07) is 13.2. The number of rotatable bonds is 6. The number of nitrogens with zero attached hydrogens (tertiary/aromatic N) is 1. The summed E-state index contributed by atoms with van der Waals surface area (Å²) in [5, 5.41) is 2.82. The van der Waals surface area contributed by atoms with Crippen LogP contribution in [0.4, 0.5) is 10.1 Å². The number of carbonyl (C=O) groups excluding carboxylic acids is 1. The first kappa shape index (κ1) is 18.6. The minimum absolute atomic E-state index is 0.0644. The molecule has 0 aliphatic heterocycles. The fraction of sp³-hybridized carbons (Fsp3) is 0.238. The second-order valence-electron chi connectivity index (χ2n) is 6.45. The molecule has 0 aliphatic carbocycles. The van der Waals surface area contributed by atoms with Crippen molar-refractivity contribution >= 4 is 11.6 Å². The molecule has 2 aromatic carbocycles. The topological polar surface area (TPSA) is 64.4 Å². The van der Waals surface area contributed by atoms with Crippen molar-refractivity contribution in [1.82, 2.24) is 4.98 Å². The molecule has 1 amide bonds. The molecule has 5 nitrogen and oxygen atoms in total. The Balaban J connectivity index is 1.66.